The zero-order valence-electron chi connectivity index (χ0n) is 13.0. The zero-order valence-corrected chi connectivity index (χ0v) is 13.0. The molecule has 1 N–H and O–H groups in total. The maximum Gasteiger partial charge on any atom is 0.0702 e. The Bertz CT molecular complexity index is 272. The summed E-state index contributed by atoms with van der Waals surface area (Å²) in [4.78, 5) is 2.82. The van der Waals surface area contributed by atoms with E-state index in [1.165, 1.54) is 84.0 Å². The second-order valence-electron chi connectivity index (χ2n) is 6.99. The number of hydrogen-bond acceptors (Lipinski definition) is 3. The number of nitrogens with zero attached hydrogens (tertiary/aromatic N) is 1. The molecule has 3 aliphatic rings. The van der Waals surface area contributed by atoms with E-state index in [1.54, 1.807) is 0 Å². The van der Waals surface area contributed by atoms with Gasteiger partial charge in [-0.3, -0.25) is 4.90 Å². The lowest BCUT2D eigenvalue weighted by molar-refractivity contribution is -0.0206. The van der Waals surface area contributed by atoms with Gasteiger partial charge in [0.05, 0.1) is 6.10 Å². The van der Waals surface area contributed by atoms with Crippen molar-refractivity contribution in [3.63, 3.8) is 0 Å². The van der Waals surface area contributed by atoms with Gasteiger partial charge >= 0.3 is 0 Å². The quantitative estimate of drug-likeness (QED) is 0.860. The van der Waals surface area contributed by atoms with E-state index in [4.69, 9.17) is 4.74 Å². The van der Waals surface area contributed by atoms with Crippen LogP contribution in [0.4, 0.5) is 0 Å². The first-order chi connectivity index (χ1) is 9.93. The van der Waals surface area contributed by atoms with Crippen LogP contribution in [0, 0.1) is 5.92 Å². The van der Waals surface area contributed by atoms with E-state index < -0.39 is 0 Å². The number of rotatable bonds is 3. The predicted octanol–water partition coefficient (Wildman–Crippen LogP) is 2.80. The van der Waals surface area contributed by atoms with Gasteiger partial charge in [0.25, 0.3) is 0 Å². The number of ether oxygens (including phenoxy) is 1. The molecule has 0 aromatic carbocycles. The van der Waals surface area contributed by atoms with Crippen molar-refractivity contribution in [2.45, 2.75) is 69.9 Å². The lowest BCUT2D eigenvalue weighted by atomic mass is 9.86. The monoisotopic (exact) mass is 280 g/mol. The minimum absolute atomic E-state index is 0.520. The number of likely N-dealkylation sites (tertiary alicyclic amines) is 1. The summed E-state index contributed by atoms with van der Waals surface area (Å²) in [7, 11) is 0. The Morgan fingerprint density at radius 3 is 2.55 bits per heavy atom. The van der Waals surface area contributed by atoms with Gasteiger partial charge in [0.15, 0.2) is 0 Å². The minimum atomic E-state index is 0.520. The Kier molecular flexibility index (Phi) is 5.75. The SMILES string of the molecule is C1CCC(C2CCNCC2)N(CC2CCCCO2)CC1. The third kappa shape index (κ3) is 3.96. The van der Waals surface area contributed by atoms with Crippen LogP contribution in [0.5, 0.6) is 0 Å². The fraction of sp³-hybridized carbons (Fsp3) is 1.00. The highest BCUT2D eigenvalue weighted by Crippen LogP contribution is 2.29. The fourth-order valence-electron chi connectivity index (χ4n) is 4.40. The Morgan fingerprint density at radius 1 is 0.900 bits per heavy atom. The van der Waals surface area contributed by atoms with Crippen LogP contribution in [0.1, 0.15) is 57.8 Å². The number of hydrogen-bond donors (Lipinski definition) is 1. The van der Waals surface area contributed by atoms with Crippen LogP contribution in [0.25, 0.3) is 0 Å². The second kappa shape index (κ2) is 7.77. The molecule has 3 nitrogen and oxygen atoms in total. The first-order valence-electron chi connectivity index (χ1n) is 9.00. The van der Waals surface area contributed by atoms with E-state index in [0.29, 0.717) is 6.10 Å². The van der Waals surface area contributed by atoms with Crippen molar-refractivity contribution < 1.29 is 4.74 Å². The van der Waals surface area contributed by atoms with Crippen molar-refractivity contribution in [3.8, 4) is 0 Å². The van der Waals surface area contributed by atoms with Crippen molar-refractivity contribution >= 4 is 0 Å². The Balaban J connectivity index is 1.60. The van der Waals surface area contributed by atoms with Crippen LogP contribution in [0.3, 0.4) is 0 Å². The molecule has 116 valence electrons. The van der Waals surface area contributed by atoms with Crippen molar-refractivity contribution in [1.29, 1.82) is 0 Å². The molecule has 0 aromatic rings. The summed E-state index contributed by atoms with van der Waals surface area (Å²) < 4.78 is 6.00. The molecule has 3 fully saturated rings. The fourth-order valence-corrected chi connectivity index (χ4v) is 4.40. The summed E-state index contributed by atoms with van der Waals surface area (Å²) in [5, 5.41) is 3.52. The van der Waals surface area contributed by atoms with E-state index in [2.05, 4.69) is 10.2 Å². The maximum atomic E-state index is 6.00. The summed E-state index contributed by atoms with van der Waals surface area (Å²) in [5.41, 5.74) is 0. The molecule has 2 unspecified atom stereocenters. The molecule has 20 heavy (non-hydrogen) atoms. The minimum Gasteiger partial charge on any atom is -0.377 e. The molecule has 3 rings (SSSR count). The molecule has 2 atom stereocenters. The molecule has 0 amide bonds. The highest BCUT2D eigenvalue weighted by Gasteiger charge is 2.31. The number of nitrogens with one attached hydrogen (secondary N) is 1. The lowest BCUT2D eigenvalue weighted by Gasteiger charge is -2.40. The standard InChI is InChI=1S/C17H32N2O/c1-2-7-17(15-8-10-18-11-9-15)19(12-4-1)14-16-6-3-5-13-20-16/h15-18H,1-14H2. The maximum absolute atomic E-state index is 6.00. The van der Waals surface area contributed by atoms with Gasteiger partial charge in [0.1, 0.15) is 0 Å². The van der Waals surface area contributed by atoms with E-state index in [1.807, 2.05) is 0 Å². The van der Waals surface area contributed by atoms with Gasteiger partial charge in [0.2, 0.25) is 0 Å². The average Bonchev–Trinajstić information content (AvgIpc) is 2.75. The third-order valence-electron chi connectivity index (χ3n) is 5.55. The van der Waals surface area contributed by atoms with E-state index >= 15 is 0 Å². The summed E-state index contributed by atoms with van der Waals surface area (Å²) in [5.74, 6) is 0.929. The normalized spacial score (nSPS) is 34.8. The highest BCUT2D eigenvalue weighted by molar-refractivity contribution is 4.86. The summed E-state index contributed by atoms with van der Waals surface area (Å²) in [6.07, 6.45) is 12.9. The van der Waals surface area contributed by atoms with Gasteiger partial charge in [-0.2, -0.15) is 0 Å². The lowest BCUT2D eigenvalue weighted by Crippen LogP contribution is -2.47. The summed E-state index contributed by atoms with van der Waals surface area (Å²) >= 11 is 0. The van der Waals surface area contributed by atoms with Crippen molar-refractivity contribution in [1.82, 2.24) is 10.2 Å². The predicted molar refractivity (Wildman–Crippen MR) is 83.0 cm³/mol. The van der Waals surface area contributed by atoms with E-state index in [-0.39, 0.29) is 0 Å². The van der Waals surface area contributed by atoms with Gasteiger partial charge in [0, 0.05) is 19.2 Å². The average molecular weight is 280 g/mol. The molecular weight excluding hydrogens is 248 g/mol. The van der Waals surface area contributed by atoms with E-state index in [9.17, 15) is 0 Å². The Morgan fingerprint density at radius 2 is 1.75 bits per heavy atom. The molecule has 0 radical (unpaired) electrons. The molecule has 3 aliphatic heterocycles. The van der Waals surface area contributed by atoms with Crippen LogP contribution in [-0.4, -0.2) is 49.8 Å². The van der Waals surface area contributed by atoms with Crippen LogP contribution in [0.2, 0.25) is 0 Å². The molecule has 3 heterocycles. The van der Waals surface area contributed by atoms with Crippen molar-refractivity contribution in [2.24, 2.45) is 5.92 Å². The van der Waals surface area contributed by atoms with Crippen molar-refractivity contribution in [3.05, 3.63) is 0 Å². The summed E-state index contributed by atoms with van der Waals surface area (Å²) in [6.45, 7) is 5.98. The first kappa shape index (κ1) is 14.8. The Labute approximate surface area is 124 Å². The Hall–Kier alpha value is -0.120. The van der Waals surface area contributed by atoms with Crippen molar-refractivity contribution in [2.75, 3.05) is 32.8 Å². The van der Waals surface area contributed by atoms with Gasteiger partial charge in [-0.1, -0.05) is 12.8 Å². The molecule has 0 aromatic heterocycles. The van der Waals surface area contributed by atoms with Gasteiger partial charge in [-0.15, -0.1) is 0 Å². The summed E-state index contributed by atoms with van der Waals surface area (Å²) in [6, 6.07) is 0.838. The molecular formula is C17H32N2O. The highest BCUT2D eigenvalue weighted by atomic mass is 16.5. The topological polar surface area (TPSA) is 24.5 Å². The molecule has 0 bridgehead atoms. The van der Waals surface area contributed by atoms with Crippen LogP contribution in [0.15, 0.2) is 0 Å². The first-order valence-corrected chi connectivity index (χ1v) is 9.00. The van der Waals surface area contributed by atoms with E-state index in [0.717, 1.165) is 18.6 Å². The van der Waals surface area contributed by atoms with Crippen LogP contribution >= 0.6 is 0 Å². The molecule has 3 heteroatoms. The second-order valence-corrected chi connectivity index (χ2v) is 6.99. The smallest absolute Gasteiger partial charge is 0.0702 e. The number of piperidine rings is 1. The molecule has 0 saturated carbocycles. The van der Waals surface area contributed by atoms with Crippen LogP contribution < -0.4 is 5.32 Å². The van der Waals surface area contributed by atoms with Gasteiger partial charge in [-0.05, 0) is 70.5 Å². The third-order valence-corrected chi connectivity index (χ3v) is 5.55. The largest absolute Gasteiger partial charge is 0.377 e. The molecule has 3 saturated heterocycles. The van der Waals surface area contributed by atoms with Crippen LogP contribution in [-0.2, 0) is 4.74 Å². The molecule has 0 aliphatic carbocycles. The molecule has 0 spiro atoms. The van der Waals surface area contributed by atoms with Gasteiger partial charge < -0.3 is 10.1 Å². The zero-order chi connectivity index (χ0) is 13.6. The van der Waals surface area contributed by atoms with Gasteiger partial charge in [-0.25, -0.2) is 0 Å².